The van der Waals surface area contributed by atoms with Crippen LogP contribution in [0, 0.1) is 12.7 Å². The van der Waals surface area contributed by atoms with Crippen LogP contribution in [0.1, 0.15) is 17.4 Å². The average molecular weight is 385 g/mol. The van der Waals surface area contributed by atoms with Gasteiger partial charge >= 0.3 is 0 Å². The molecule has 0 aliphatic heterocycles. The molecule has 0 fully saturated rings. The molecule has 3 nitrogen and oxygen atoms in total. The first-order valence-electron chi connectivity index (χ1n) is 6.88. The van der Waals surface area contributed by atoms with Crippen LogP contribution in [-0.2, 0) is 11.3 Å². The lowest BCUT2D eigenvalue weighted by molar-refractivity contribution is -0.120. The third-order valence-electron chi connectivity index (χ3n) is 3.51. The van der Waals surface area contributed by atoms with Gasteiger partial charge in [0.25, 0.3) is 0 Å². The van der Waals surface area contributed by atoms with E-state index in [1.807, 2.05) is 31.0 Å². The van der Waals surface area contributed by atoms with Crippen molar-refractivity contribution in [1.29, 1.82) is 0 Å². The summed E-state index contributed by atoms with van der Waals surface area (Å²) in [4.78, 5) is 15.4. The number of amides is 1. The predicted molar refractivity (Wildman–Crippen MR) is 92.7 cm³/mol. The molecule has 118 valence electrons. The van der Waals surface area contributed by atoms with Crippen LogP contribution in [0.3, 0.4) is 0 Å². The van der Waals surface area contributed by atoms with Gasteiger partial charge < -0.3 is 5.32 Å². The number of hydrogen-bond acceptors (Lipinski definition) is 3. The minimum Gasteiger partial charge on any atom is -0.325 e. The molecule has 1 N–H and O–H groups in total. The Morgan fingerprint density at radius 1 is 1.41 bits per heavy atom. The molecule has 6 heteroatoms. The van der Waals surface area contributed by atoms with E-state index in [2.05, 4.69) is 21.2 Å². The zero-order valence-electron chi connectivity index (χ0n) is 12.7. The average Bonchev–Trinajstić information content (AvgIpc) is 2.87. The predicted octanol–water partition coefficient (Wildman–Crippen LogP) is 4.42. The molecule has 0 bridgehead atoms. The first-order valence-corrected chi connectivity index (χ1v) is 8.49. The summed E-state index contributed by atoms with van der Waals surface area (Å²) < 4.78 is 14.6. The molecule has 0 aliphatic carbocycles. The summed E-state index contributed by atoms with van der Waals surface area (Å²) in [6.45, 7) is 4.21. The minimum atomic E-state index is -0.317. The minimum absolute atomic E-state index is 0.152. The molecular formula is C16H18BrFN2OS. The Labute approximate surface area is 142 Å². The van der Waals surface area contributed by atoms with Gasteiger partial charge in [-0.25, -0.2) is 4.39 Å². The lowest BCUT2D eigenvalue weighted by atomic mass is 10.2. The van der Waals surface area contributed by atoms with E-state index >= 15 is 0 Å². The summed E-state index contributed by atoms with van der Waals surface area (Å²) in [5, 5.41) is 2.76. The maximum absolute atomic E-state index is 13.5. The maximum Gasteiger partial charge on any atom is 0.241 e. The van der Waals surface area contributed by atoms with Crippen LogP contribution in [0.2, 0.25) is 0 Å². The third-order valence-corrected chi connectivity index (χ3v) is 5.12. The highest BCUT2D eigenvalue weighted by molar-refractivity contribution is 9.11. The van der Waals surface area contributed by atoms with E-state index in [1.54, 1.807) is 30.4 Å². The van der Waals surface area contributed by atoms with E-state index in [4.69, 9.17) is 0 Å². The summed E-state index contributed by atoms with van der Waals surface area (Å²) in [6.07, 6.45) is 0. The van der Waals surface area contributed by atoms with E-state index in [0.717, 1.165) is 3.79 Å². The summed E-state index contributed by atoms with van der Waals surface area (Å²) in [5.74, 6) is -0.469. The largest absolute Gasteiger partial charge is 0.325 e. The number of nitrogens with zero attached hydrogens (tertiary/aromatic N) is 1. The molecule has 0 unspecified atom stereocenters. The van der Waals surface area contributed by atoms with Crippen molar-refractivity contribution in [3.8, 4) is 0 Å². The van der Waals surface area contributed by atoms with Gasteiger partial charge in [-0.1, -0.05) is 6.07 Å². The van der Waals surface area contributed by atoms with E-state index in [9.17, 15) is 9.18 Å². The van der Waals surface area contributed by atoms with Gasteiger partial charge in [-0.2, -0.15) is 0 Å². The topological polar surface area (TPSA) is 32.3 Å². The number of halogens is 2. The van der Waals surface area contributed by atoms with E-state index in [0.29, 0.717) is 17.8 Å². The first-order chi connectivity index (χ1) is 10.4. The molecule has 1 heterocycles. The fraction of sp³-hybridized carbons (Fsp3) is 0.312. The van der Waals surface area contributed by atoms with Gasteiger partial charge in [-0.05, 0) is 66.7 Å². The fourth-order valence-corrected chi connectivity index (χ4v) is 3.48. The number of likely N-dealkylation sites (N-methyl/N-ethyl adjacent to an activating group) is 1. The summed E-state index contributed by atoms with van der Waals surface area (Å²) in [6, 6.07) is 8.42. The Kier molecular flexibility index (Phi) is 5.72. The quantitative estimate of drug-likeness (QED) is 0.827. The number of thiophene rings is 1. The monoisotopic (exact) mass is 384 g/mol. The van der Waals surface area contributed by atoms with Crippen LogP contribution in [0.4, 0.5) is 10.1 Å². The van der Waals surface area contributed by atoms with Crippen LogP contribution in [0.25, 0.3) is 0 Å². The van der Waals surface area contributed by atoms with Gasteiger partial charge in [-0.15, -0.1) is 11.3 Å². The summed E-state index contributed by atoms with van der Waals surface area (Å²) in [5.41, 5.74) is 1.04. The molecule has 0 aliphatic rings. The second-order valence-electron chi connectivity index (χ2n) is 5.25. The van der Waals surface area contributed by atoms with Gasteiger partial charge in [0.2, 0.25) is 5.91 Å². The lowest BCUT2D eigenvalue weighted by Crippen LogP contribution is -2.39. The van der Waals surface area contributed by atoms with Crippen molar-refractivity contribution in [2.45, 2.75) is 26.4 Å². The molecule has 0 radical (unpaired) electrons. The maximum atomic E-state index is 13.5. The normalized spacial score (nSPS) is 12.5. The molecule has 22 heavy (non-hydrogen) atoms. The lowest BCUT2D eigenvalue weighted by Gasteiger charge is -2.23. The Morgan fingerprint density at radius 2 is 2.14 bits per heavy atom. The van der Waals surface area contributed by atoms with Crippen molar-refractivity contribution in [3.05, 3.63) is 50.4 Å². The second kappa shape index (κ2) is 7.35. The van der Waals surface area contributed by atoms with Gasteiger partial charge in [0.15, 0.2) is 0 Å². The number of nitrogens with one attached hydrogen (secondary N) is 1. The highest BCUT2D eigenvalue weighted by Crippen LogP contribution is 2.23. The van der Waals surface area contributed by atoms with Crippen LogP contribution in [-0.4, -0.2) is 23.9 Å². The summed E-state index contributed by atoms with van der Waals surface area (Å²) >= 11 is 5.08. The Balaban J connectivity index is 1.97. The van der Waals surface area contributed by atoms with Crippen LogP contribution >= 0.6 is 27.3 Å². The van der Waals surface area contributed by atoms with Crippen molar-refractivity contribution in [3.63, 3.8) is 0 Å². The van der Waals surface area contributed by atoms with Crippen LogP contribution in [0.5, 0.6) is 0 Å². The van der Waals surface area contributed by atoms with E-state index in [1.165, 1.54) is 10.9 Å². The molecule has 0 saturated heterocycles. The highest BCUT2D eigenvalue weighted by atomic mass is 79.9. The Morgan fingerprint density at radius 3 is 2.73 bits per heavy atom. The molecule has 1 atom stereocenters. The van der Waals surface area contributed by atoms with Gasteiger partial charge in [-0.3, -0.25) is 9.69 Å². The molecule has 2 aromatic rings. The number of anilines is 1. The zero-order valence-corrected chi connectivity index (χ0v) is 15.1. The number of carbonyl (C=O) groups excluding carboxylic acids is 1. The molecule has 2 rings (SSSR count). The van der Waals surface area contributed by atoms with Crippen molar-refractivity contribution in [2.75, 3.05) is 12.4 Å². The van der Waals surface area contributed by atoms with Gasteiger partial charge in [0.1, 0.15) is 5.82 Å². The molecule has 0 spiro atoms. The van der Waals surface area contributed by atoms with E-state index in [-0.39, 0.29) is 17.8 Å². The molecule has 1 aromatic heterocycles. The summed E-state index contributed by atoms with van der Waals surface area (Å²) in [7, 11) is 1.90. The van der Waals surface area contributed by atoms with Gasteiger partial charge in [0, 0.05) is 17.1 Å². The SMILES string of the molecule is Cc1ccc(NC(=O)[C@H](C)N(C)Cc2ccc(Br)s2)cc1F. The van der Waals surface area contributed by atoms with Gasteiger partial charge in [0.05, 0.1) is 9.83 Å². The molecule has 1 aromatic carbocycles. The molecule has 0 saturated carbocycles. The molecule has 1 amide bonds. The Hall–Kier alpha value is -1.24. The van der Waals surface area contributed by atoms with Crippen molar-refractivity contribution in [2.24, 2.45) is 0 Å². The van der Waals surface area contributed by atoms with E-state index < -0.39 is 0 Å². The standard InChI is InChI=1S/C16H18BrFN2OS/c1-10-4-5-12(8-14(10)18)19-16(21)11(2)20(3)9-13-6-7-15(17)22-13/h4-8,11H,9H2,1-3H3,(H,19,21)/t11-/m0/s1. The van der Waals surface area contributed by atoms with Crippen molar-refractivity contribution >= 4 is 38.9 Å². The van der Waals surface area contributed by atoms with Crippen LogP contribution < -0.4 is 5.32 Å². The number of benzene rings is 1. The smallest absolute Gasteiger partial charge is 0.241 e. The number of rotatable bonds is 5. The van der Waals surface area contributed by atoms with Crippen molar-refractivity contribution < 1.29 is 9.18 Å². The number of carbonyl (C=O) groups is 1. The van der Waals surface area contributed by atoms with Crippen LogP contribution in [0.15, 0.2) is 34.1 Å². The molecular weight excluding hydrogens is 367 g/mol. The second-order valence-corrected chi connectivity index (χ2v) is 7.80. The first kappa shape index (κ1) is 17.1. The highest BCUT2D eigenvalue weighted by Gasteiger charge is 2.19. The Bertz CT molecular complexity index is 674. The number of aryl methyl sites for hydroxylation is 1. The fourth-order valence-electron chi connectivity index (χ4n) is 1.94. The third kappa shape index (κ3) is 4.38. The van der Waals surface area contributed by atoms with Crippen molar-refractivity contribution in [1.82, 2.24) is 4.90 Å². The number of hydrogen-bond donors (Lipinski definition) is 1. The zero-order chi connectivity index (χ0) is 16.3.